The summed E-state index contributed by atoms with van der Waals surface area (Å²) in [6.07, 6.45) is 0.847. The summed E-state index contributed by atoms with van der Waals surface area (Å²) < 4.78 is 4.87. The van der Waals surface area contributed by atoms with E-state index >= 15 is 0 Å². The number of rotatable bonds is 5. The molecule has 1 aromatic rings. The van der Waals surface area contributed by atoms with Crippen molar-refractivity contribution in [3.05, 3.63) is 35.9 Å². The third-order valence-electron chi connectivity index (χ3n) is 3.16. The Hall–Kier alpha value is -1.84. The maximum absolute atomic E-state index is 11.5. The molecule has 1 aliphatic heterocycles. The molecule has 1 aromatic carbocycles. The molecule has 0 bridgehead atoms. The number of benzene rings is 1. The summed E-state index contributed by atoms with van der Waals surface area (Å²) in [5, 5.41) is 2.87. The van der Waals surface area contributed by atoms with Crippen molar-refractivity contribution >= 4 is 11.9 Å². The van der Waals surface area contributed by atoms with Gasteiger partial charge in [0.15, 0.2) is 0 Å². The van der Waals surface area contributed by atoms with E-state index in [9.17, 15) is 9.59 Å². The van der Waals surface area contributed by atoms with Crippen molar-refractivity contribution in [3.63, 3.8) is 0 Å². The van der Waals surface area contributed by atoms with E-state index in [4.69, 9.17) is 4.74 Å². The zero-order valence-corrected chi connectivity index (χ0v) is 10.4. The van der Waals surface area contributed by atoms with Crippen LogP contribution < -0.4 is 5.32 Å². The second-order valence-electron chi connectivity index (χ2n) is 4.35. The zero-order valence-electron chi connectivity index (χ0n) is 10.4. The van der Waals surface area contributed by atoms with E-state index in [1.807, 2.05) is 30.3 Å². The highest BCUT2D eigenvalue weighted by molar-refractivity contribution is 5.86. The second-order valence-corrected chi connectivity index (χ2v) is 4.35. The summed E-state index contributed by atoms with van der Waals surface area (Å²) in [7, 11) is 0. The molecule has 1 N–H and O–H groups in total. The monoisotopic (exact) mass is 247 g/mol. The maximum Gasteiger partial charge on any atom is 0.305 e. The van der Waals surface area contributed by atoms with Gasteiger partial charge >= 0.3 is 5.97 Å². The van der Waals surface area contributed by atoms with E-state index < -0.39 is 0 Å². The van der Waals surface area contributed by atoms with E-state index in [0.29, 0.717) is 19.4 Å². The Morgan fingerprint density at radius 2 is 2.06 bits per heavy atom. The van der Waals surface area contributed by atoms with Crippen LogP contribution in [0.3, 0.4) is 0 Å². The van der Waals surface area contributed by atoms with Crippen molar-refractivity contribution in [1.29, 1.82) is 0 Å². The number of carbonyl (C=O) groups is 2. The molecule has 96 valence electrons. The Morgan fingerprint density at radius 1 is 1.33 bits per heavy atom. The molecule has 1 amide bonds. The molecule has 1 aliphatic rings. The van der Waals surface area contributed by atoms with Crippen LogP contribution in [0.15, 0.2) is 30.3 Å². The lowest BCUT2D eigenvalue weighted by Gasteiger charge is -2.37. The van der Waals surface area contributed by atoms with E-state index in [1.165, 1.54) is 0 Å². The highest BCUT2D eigenvalue weighted by atomic mass is 16.5. The van der Waals surface area contributed by atoms with Crippen LogP contribution in [0, 0.1) is 5.92 Å². The van der Waals surface area contributed by atoms with Gasteiger partial charge in [-0.1, -0.05) is 30.3 Å². The first kappa shape index (κ1) is 12.6. The number of nitrogens with one attached hydrogen (secondary N) is 1. The smallest absolute Gasteiger partial charge is 0.305 e. The topological polar surface area (TPSA) is 55.4 Å². The zero-order chi connectivity index (χ0) is 13.0. The minimum absolute atomic E-state index is 0.0214. The van der Waals surface area contributed by atoms with E-state index in [1.54, 1.807) is 6.92 Å². The van der Waals surface area contributed by atoms with Crippen LogP contribution in [0.2, 0.25) is 0 Å². The molecule has 1 fully saturated rings. The van der Waals surface area contributed by atoms with E-state index in [-0.39, 0.29) is 23.8 Å². The van der Waals surface area contributed by atoms with Crippen LogP contribution in [0.5, 0.6) is 0 Å². The minimum Gasteiger partial charge on any atom is -0.466 e. The third-order valence-corrected chi connectivity index (χ3v) is 3.16. The Morgan fingerprint density at radius 3 is 2.67 bits per heavy atom. The fourth-order valence-electron chi connectivity index (χ4n) is 2.20. The number of ether oxygens (including phenoxy) is 1. The maximum atomic E-state index is 11.5. The largest absolute Gasteiger partial charge is 0.466 e. The molecule has 0 radical (unpaired) electrons. The Balaban J connectivity index is 1.91. The summed E-state index contributed by atoms with van der Waals surface area (Å²) >= 11 is 0. The minimum atomic E-state index is -0.232. The van der Waals surface area contributed by atoms with Gasteiger partial charge in [-0.3, -0.25) is 9.59 Å². The molecule has 18 heavy (non-hydrogen) atoms. The van der Waals surface area contributed by atoms with Gasteiger partial charge in [0.25, 0.3) is 0 Å². The van der Waals surface area contributed by atoms with Crippen LogP contribution in [0.25, 0.3) is 0 Å². The standard InChI is InChI=1S/C14H17NO3/c1-2-18-12(16)9-8-11-13(15-14(11)17)10-6-4-3-5-7-10/h3-7,11,13H,2,8-9H2,1H3,(H,15,17)/t11-,13-/m0/s1. The Kier molecular flexibility index (Phi) is 3.97. The number of β-lactam (4-membered cyclic amide) rings is 1. The average Bonchev–Trinajstić information content (AvgIpc) is 2.37. The van der Waals surface area contributed by atoms with Gasteiger partial charge in [0.05, 0.1) is 18.6 Å². The van der Waals surface area contributed by atoms with Gasteiger partial charge in [-0.25, -0.2) is 0 Å². The highest BCUT2D eigenvalue weighted by Gasteiger charge is 2.39. The average molecular weight is 247 g/mol. The molecular formula is C14H17NO3. The van der Waals surface area contributed by atoms with Crippen molar-refractivity contribution < 1.29 is 14.3 Å². The van der Waals surface area contributed by atoms with Crippen molar-refractivity contribution in [2.24, 2.45) is 5.92 Å². The Labute approximate surface area is 106 Å². The van der Waals surface area contributed by atoms with Gasteiger partial charge in [-0.2, -0.15) is 0 Å². The van der Waals surface area contributed by atoms with Crippen LogP contribution in [0.4, 0.5) is 0 Å². The molecule has 0 aromatic heterocycles. The predicted molar refractivity (Wildman–Crippen MR) is 66.7 cm³/mol. The lowest BCUT2D eigenvalue weighted by molar-refractivity contribution is -0.144. The third kappa shape index (κ3) is 2.70. The number of carbonyl (C=O) groups excluding carboxylic acids is 2. The number of hydrogen-bond acceptors (Lipinski definition) is 3. The second kappa shape index (κ2) is 5.67. The van der Waals surface area contributed by atoms with Crippen LogP contribution in [-0.2, 0) is 14.3 Å². The van der Waals surface area contributed by atoms with Gasteiger partial charge in [-0.15, -0.1) is 0 Å². The van der Waals surface area contributed by atoms with E-state index in [0.717, 1.165) is 5.56 Å². The molecule has 0 saturated carbocycles. The van der Waals surface area contributed by atoms with E-state index in [2.05, 4.69) is 5.32 Å². The fourth-order valence-corrected chi connectivity index (χ4v) is 2.20. The molecule has 4 heteroatoms. The van der Waals surface area contributed by atoms with Crippen molar-refractivity contribution in [1.82, 2.24) is 5.32 Å². The first-order valence-corrected chi connectivity index (χ1v) is 6.23. The predicted octanol–water partition coefficient (Wildman–Crippen LogP) is 1.82. The molecule has 1 saturated heterocycles. The summed E-state index contributed by atoms with van der Waals surface area (Å²) in [6.45, 7) is 2.17. The molecule has 0 aliphatic carbocycles. The number of amides is 1. The number of esters is 1. The summed E-state index contributed by atoms with van der Waals surface area (Å²) in [4.78, 5) is 22.8. The lowest BCUT2D eigenvalue weighted by atomic mass is 9.82. The first-order chi connectivity index (χ1) is 8.72. The van der Waals surface area contributed by atoms with Gasteiger partial charge in [-0.05, 0) is 18.9 Å². The number of hydrogen-bond donors (Lipinski definition) is 1. The van der Waals surface area contributed by atoms with Crippen LogP contribution >= 0.6 is 0 Å². The molecule has 0 spiro atoms. The molecular weight excluding hydrogens is 230 g/mol. The van der Waals surface area contributed by atoms with Gasteiger partial charge < -0.3 is 10.1 Å². The Bertz CT molecular complexity index is 430. The first-order valence-electron chi connectivity index (χ1n) is 6.23. The highest BCUT2D eigenvalue weighted by Crippen LogP contribution is 2.33. The van der Waals surface area contributed by atoms with Gasteiger partial charge in [0.2, 0.25) is 5.91 Å². The lowest BCUT2D eigenvalue weighted by Crippen LogP contribution is -2.51. The fraction of sp³-hybridized carbons (Fsp3) is 0.429. The molecule has 1 heterocycles. The van der Waals surface area contributed by atoms with Gasteiger partial charge in [0.1, 0.15) is 0 Å². The van der Waals surface area contributed by atoms with Crippen LogP contribution in [0.1, 0.15) is 31.4 Å². The quantitative estimate of drug-likeness (QED) is 0.638. The van der Waals surface area contributed by atoms with Crippen molar-refractivity contribution in [2.45, 2.75) is 25.8 Å². The van der Waals surface area contributed by atoms with Gasteiger partial charge in [0, 0.05) is 6.42 Å². The molecule has 0 unspecified atom stereocenters. The van der Waals surface area contributed by atoms with Crippen LogP contribution in [-0.4, -0.2) is 18.5 Å². The SMILES string of the molecule is CCOC(=O)CC[C@@H]1C(=O)N[C@H]1c1ccccc1. The van der Waals surface area contributed by atoms with Crippen molar-refractivity contribution in [2.75, 3.05) is 6.61 Å². The molecule has 2 rings (SSSR count). The summed E-state index contributed by atoms with van der Waals surface area (Å²) in [6, 6.07) is 9.85. The molecule has 2 atom stereocenters. The van der Waals surface area contributed by atoms with Crippen molar-refractivity contribution in [3.8, 4) is 0 Å². The summed E-state index contributed by atoms with van der Waals surface area (Å²) in [5.41, 5.74) is 1.09. The normalized spacial score (nSPS) is 21.9. The molecule has 4 nitrogen and oxygen atoms in total. The summed E-state index contributed by atoms with van der Waals surface area (Å²) in [5.74, 6) is -0.325.